The standard InChI is InChI=1S/C11H9F2N.C8H5F2N/c12-8-3-1-4-9(13)10(8)11(7-14)5-2-6-11;9-7-2-1-3-8(10)6(7)4-5-11/h1,3-4H,2,5-6H2;1-3H,4H2. The zero-order chi connectivity index (χ0) is 18.4. The highest BCUT2D eigenvalue weighted by atomic mass is 19.1. The maximum Gasteiger partial charge on any atom is 0.130 e. The van der Waals surface area contributed by atoms with Gasteiger partial charge in [-0.2, -0.15) is 10.5 Å². The van der Waals surface area contributed by atoms with Gasteiger partial charge in [0, 0.05) is 11.1 Å². The lowest BCUT2D eigenvalue weighted by molar-refractivity contribution is 0.301. The molecule has 2 nitrogen and oxygen atoms in total. The quantitative estimate of drug-likeness (QED) is 0.723. The van der Waals surface area contributed by atoms with Crippen LogP contribution in [0.3, 0.4) is 0 Å². The van der Waals surface area contributed by atoms with Crippen molar-refractivity contribution in [2.45, 2.75) is 31.1 Å². The van der Waals surface area contributed by atoms with E-state index in [9.17, 15) is 17.6 Å². The first-order valence-electron chi connectivity index (χ1n) is 7.61. The molecular weight excluding hydrogens is 332 g/mol. The molecule has 1 aliphatic carbocycles. The Balaban J connectivity index is 0.000000186. The normalized spacial score (nSPS) is 14.3. The van der Waals surface area contributed by atoms with Crippen LogP contribution in [0.15, 0.2) is 36.4 Å². The molecule has 0 unspecified atom stereocenters. The monoisotopic (exact) mass is 346 g/mol. The van der Waals surface area contributed by atoms with Gasteiger partial charge >= 0.3 is 0 Å². The van der Waals surface area contributed by atoms with E-state index >= 15 is 0 Å². The van der Waals surface area contributed by atoms with Crippen molar-refractivity contribution in [3.63, 3.8) is 0 Å². The van der Waals surface area contributed by atoms with E-state index in [-0.39, 0.29) is 17.5 Å². The van der Waals surface area contributed by atoms with Gasteiger partial charge in [-0.1, -0.05) is 12.1 Å². The summed E-state index contributed by atoms with van der Waals surface area (Å²) in [5.41, 5.74) is -1.11. The molecule has 2 aromatic rings. The molecule has 0 N–H and O–H groups in total. The molecular formula is C19H14F4N2. The van der Waals surface area contributed by atoms with E-state index in [0.29, 0.717) is 12.8 Å². The molecule has 0 heterocycles. The lowest BCUT2D eigenvalue weighted by Gasteiger charge is -2.35. The van der Waals surface area contributed by atoms with Gasteiger partial charge in [0.25, 0.3) is 0 Å². The Morgan fingerprint density at radius 1 is 0.840 bits per heavy atom. The van der Waals surface area contributed by atoms with Crippen molar-refractivity contribution in [1.82, 2.24) is 0 Å². The molecule has 0 aliphatic heterocycles. The average molecular weight is 346 g/mol. The third-order valence-corrected chi connectivity index (χ3v) is 4.18. The van der Waals surface area contributed by atoms with Gasteiger partial charge < -0.3 is 0 Å². The molecule has 128 valence electrons. The summed E-state index contributed by atoms with van der Waals surface area (Å²) in [6.07, 6.45) is 1.75. The minimum atomic E-state index is -0.907. The Labute approximate surface area is 142 Å². The molecule has 0 radical (unpaired) electrons. The summed E-state index contributed by atoms with van der Waals surface area (Å²) in [5, 5.41) is 17.1. The summed E-state index contributed by atoms with van der Waals surface area (Å²) in [5.74, 6) is -2.53. The fourth-order valence-electron chi connectivity index (χ4n) is 2.68. The van der Waals surface area contributed by atoms with E-state index in [0.717, 1.165) is 18.6 Å². The summed E-state index contributed by atoms with van der Waals surface area (Å²) in [6.45, 7) is 0. The Hall–Kier alpha value is -2.86. The van der Waals surface area contributed by atoms with E-state index in [1.165, 1.54) is 24.3 Å². The summed E-state index contributed by atoms with van der Waals surface area (Å²) >= 11 is 0. The van der Waals surface area contributed by atoms with Crippen LogP contribution in [0, 0.1) is 45.9 Å². The van der Waals surface area contributed by atoms with Crippen molar-refractivity contribution in [3.8, 4) is 12.1 Å². The molecule has 1 fully saturated rings. The molecule has 3 rings (SSSR count). The highest BCUT2D eigenvalue weighted by Crippen LogP contribution is 2.44. The Morgan fingerprint density at radius 2 is 1.32 bits per heavy atom. The Morgan fingerprint density at radius 3 is 1.68 bits per heavy atom. The predicted molar refractivity (Wildman–Crippen MR) is 83.2 cm³/mol. The topological polar surface area (TPSA) is 47.6 Å². The molecule has 0 saturated heterocycles. The van der Waals surface area contributed by atoms with Crippen molar-refractivity contribution < 1.29 is 17.6 Å². The molecule has 2 aromatic carbocycles. The van der Waals surface area contributed by atoms with Gasteiger partial charge in [-0.3, -0.25) is 0 Å². The number of nitriles is 2. The molecule has 6 heteroatoms. The van der Waals surface area contributed by atoms with Crippen LogP contribution in [0.4, 0.5) is 17.6 Å². The van der Waals surface area contributed by atoms with Gasteiger partial charge in [-0.05, 0) is 43.5 Å². The summed E-state index contributed by atoms with van der Waals surface area (Å²) < 4.78 is 52.0. The first-order valence-corrected chi connectivity index (χ1v) is 7.61. The molecule has 25 heavy (non-hydrogen) atoms. The minimum Gasteiger partial charge on any atom is -0.207 e. The second kappa shape index (κ2) is 7.81. The van der Waals surface area contributed by atoms with Crippen LogP contribution in [0.2, 0.25) is 0 Å². The van der Waals surface area contributed by atoms with Crippen LogP contribution in [0.25, 0.3) is 0 Å². The van der Waals surface area contributed by atoms with Crippen LogP contribution in [0.1, 0.15) is 30.4 Å². The fourth-order valence-corrected chi connectivity index (χ4v) is 2.68. The molecule has 1 saturated carbocycles. The molecule has 0 amide bonds. The van der Waals surface area contributed by atoms with Crippen molar-refractivity contribution in [3.05, 3.63) is 70.8 Å². The maximum atomic E-state index is 13.4. The smallest absolute Gasteiger partial charge is 0.130 e. The third kappa shape index (κ3) is 3.80. The molecule has 0 spiro atoms. The van der Waals surface area contributed by atoms with Crippen molar-refractivity contribution in [2.75, 3.05) is 0 Å². The first kappa shape index (κ1) is 18.5. The average Bonchev–Trinajstić information content (AvgIpc) is 2.54. The highest BCUT2D eigenvalue weighted by molar-refractivity contribution is 5.37. The third-order valence-electron chi connectivity index (χ3n) is 4.18. The van der Waals surface area contributed by atoms with Crippen LogP contribution < -0.4 is 0 Å². The number of nitrogens with zero attached hydrogens (tertiary/aromatic N) is 2. The van der Waals surface area contributed by atoms with E-state index in [1.54, 1.807) is 6.07 Å². The Bertz CT molecular complexity index is 805. The van der Waals surface area contributed by atoms with E-state index in [1.807, 2.05) is 6.07 Å². The second-order valence-corrected chi connectivity index (χ2v) is 5.68. The first-order chi connectivity index (χ1) is 11.9. The highest BCUT2D eigenvalue weighted by Gasteiger charge is 2.42. The number of halogens is 4. The Kier molecular flexibility index (Phi) is 5.77. The summed E-state index contributed by atoms with van der Waals surface area (Å²) in [4.78, 5) is 0. The largest absolute Gasteiger partial charge is 0.207 e. The summed E-state index contributed by atoms with van der Waals surface area (Å²) in [6, 6.07) is 11.0. The zero-order valence-corrected chi connectivity index (χ0v) is 13.2. The van der Waals surface area contributed by atoms with Crippen molar-refractivity contribution in [2.24, 2.45) is 0 Å². The van der Waals surface area contributed by atoms with Crippen LogP contribution in [0.5, 0.6) is 0 Å². The number of rotatable bonds is 2. The zero-order valence-electron chi connectivity index (χ0n) is 13.2. The SMILES string of the molecule is N#CC1(c2c(F)cccc2F)CCC1.N#CCc1c(F)cccc1F. The maximum absolute atomic E-state index is 13.4. The van der Waals surface area contributed by atoms with E-state index in [4.69, 9.17) is 10.5 Å². The van der Waals surface area contributed by atoms with Gasteiger partial charge in [0.2, 0.25) is 0 Å². The number of hydrogen-bond donors (Lipinski definition) is 0. The summed E-state index contributed by atoms with van der Waals surface area (Å²) in [7, 11) is 0. The molecule has 0 aromatic heterocycles. The molecule has 1 aliphatic rings. The minimum absolute atomic E-state index is 0.0475. The van der Waals surface area contributed by atoms with Gasteiger partial charge in [-0.15, -0.1) is 0 Å². The van der Waals surface area contributed by atoms with Gasteiger partial charge in [0.05, 0.1) is 24.0 Å². The lowest BCUT2D eigenvalue weighted by Crippen LogP contribution is -2.34. The molecule has 0 bridgehead atoms. The predicted octanol–water partition coefficient (Wildman–Crippen LogP) is 4.94. The lowest BCUT2D eigenvalue weighted by atomic mass is 9.65. The van der Waals surface area contributed by atoms with Crippen molar-refractivity contribution in [1.29, 1.82) is 10.5 Å². The fraction of sp³-hybridized carbons (Fsp3) is 0.263. The van der Waals surface area contributed by atoms with Gasteiger partial charge in [-0.25, -0.2) is 17.6 Å². The molecule has 0 atom stereocenters. The number of benzene rings is 2. The van der Waals surface area contributed by atoms with Crippen LogP contribution in [-0.4, -0.2) is 0 Å². The second-order valence-electron chi connectivity index (χ2n) is 5.68. The number of hydrogen-bond acceptors (Lipinski definition) is 2. The van der Waals surface area contributed by atoms with Crippen LogP contribution in [-0.2, 0) is 11.8 Å². The van der Waals surface area contributed by atoms with Gasteiger partial charge in [0.1, 0.15) is 23.3 Å². The van der Waals surface area contributed by atoms with Crippen molar-refractivity contribution >= 4 is 0 Å². The van der Waals surface area contributed by atoms with E-state index < -0.39 is 28.7 Å². The van der Waals surface area contributed by atoms with E-state index in [2.05, 4.69) is 0 Å². The van der Waals surface area contributed by atoms with Gasteiger partial charge in [0.15, 0.2) is 0 Å². The van der Waals surface area contributed by atoms with Crippen LogP contribution >= 0.6 is 0 Å².